The summed E-state index contributed by atoms with van der Waals surface area (Å²) >= 11 is 1.29. The highest BCUT2D eigenvalue weighted by Gasteiger charge is 2.22. The van der Waals surface area contributed by atoms with Gasteiger partial charge in [0.1, 0.15) is 24.4 Å². The molecule has 2 amide bonds. The SMILES string of the molecule is N[C@@H](CCC(=O)N[C@@H](CSCc1ccc(F)cc1)C(=O)NCC(=O)O)C(=O)O. The second-order valence-electron chi connectivity index (χ2n) is 5.86. The molecule has 154 valence electrons. The Labute approximate surface area is 164 Å². The molecule has 1 aromatic rings. The van der Waals surface area contributed by atoms with E-state index in [2.05, 4.69) is 10.6 Å². The van der Waals surface area contributed by atoms with Gasteiger partial charge >= 0.3 is 11.9 Å². The van der Waals surface area contributed by atoms with E-state index in [1.807, 2.05) is 0 Å². The van der Waals surface area contributed by atoms with Crippen LogP contribution in [-0.4, -0.2) is 58.3 Å². The van der Waals surface area contributed by atoms with Gasteiger partial charge in [0.2, 0.25) is 11.8 Å². The monoisotopic (exact) mass is 415 g/mol. The molecule has 28 heavy (non-hydrogen) atoms. The molecular weight excluding hydrogens is 393 g/mol. The molecule has 0 aromatic heterocycles. The van der Waals surface area contributed by atoms with Gasteiger partial charge in [-0.15, -0.1) is 0 Å². The molecule has 0 saturated carbocycles. The van der Waals surface area contributed by atoms with Crippen LogP contribution in [0.5, 0.6) is 0 Å². The van der Waals surface area contributed by atoms with Crippen LogP contribution in [0.2, 0.25) is 0 Å². The summed E-state index contributed by atoms with van der Waals surface area (Å²) < 4.78 is 12.9. The lowest BCUT2D eigenvalue weighted by molar-refractivity contribution is -0.139. The number of nitrogens with two attached hydrogens (primary N) is 1. The van der Waals surface area contributed by atoms with Crippen molar-refractivity contribution in [2.45, 2.75) is 30.7 Å². The molecule has 0 unspecified atom stereocenters. The van der Waals surface area contributed by atoms with Crippen LogP contribution in [0.3, 0.4) is 0 Å². The van der Waals surface area contributed by atoms with E-state index >= 15 is 0 Å². The van der Waals surface area contributed by atoms with E-state index in [-0.39, 0.29) is 24.4 Å². The molecule has 11 heteroatoms. The summed E-state index contributed by atoms with van der Waals surface area (Å²) in [5, 5.41) is 22.0. The molecule has 0 heterocycles. The van der Waals surface area contributed by atoms with E-state index < -0.39 is 42.4 Å². The van der Waals surface area contributed by atoms with Gasteiger partial charge in [-0.3, -0.25) is 19.2 Å². The maximum Gasteiger partial charge on any atom is 0.322 e. The van der Waals surface area contributed by atoms with Crippen molar-refractivity contribution in [3.05, 3.63) is 35.6 Å². The van der Waals surface area contributed by atoms with Crippen LogP contribution in [0, 0.1) is 5.82 Å². The molecule has 0 bridgehead atoms. The first-order valence-electron chi connectivity index (χ1n) is 8.28. The number of carboxylic acid groups (broad SMARTS) is 2. The Kier molecular flexibility index (Phi) is 9.96. The molecule has 0 radical (unpaired) electrons. The first-order chi connectivity index (χ1) is 13.2. The number of thioether (sulfide) groups is 1. The summed E-state index contributed by atoms with van der Waals surface area (Å²) in [6.07, 6.45) is -0.299. The molecule has 0 saturated heterocycles. The van der Waals surface area contributed by atoms with Gasteiger partial charge in [0.05, 0.1) is 0 Å². The number of rotatable bonds is 12. The quantitative estimate of drug-likeness (QED) is 0.317. The average molecular weight is 415 g/mol. The van der Waals surface area contributed by atoms with Gasteiger partial charge in [-0.1, -0.05) is 12.1 Å². The Hall–Kier alpha value is -2.66. The van der Waals surface area contributed by atoms with E-state index in [1.54, 1.807) is 12.1 Å². The summed E-state index contributed by atoms with van der Waals surface area (Å²) in [7, 11) is 0. The van der Waals surface area contributed by atoms with Gasteiger partial charge in [-0.25, -0.2) is 4.39 Å². The van der Waals surface area contributed by atoms with Crippen molar-refractivity contribution >= 4 is 35.5 Å². The van der Waals surface area contributed by atoms with Crippen molar-refractivity contribution in [3.63, 3.8) is 0 Å². The number of hydrogen-bond acceptors (Lipinski definition) is 6. The second kappa shape index (κ2) is 11.9. The molecule has 0 fully saturated rings. The second-order valence-corrected chi connectivity index (χ2v) is 6.89. The first kappa shape index (κ1) is 23.4. The lowest BCUT2D eigenvalue weighted by Gasteiger charge is -2.18. The molecule has 2 atom stereocenters. The highest BCUT2D eigenvalue weighted by atomic mass is 32.2. The van der Waals surface area contributed by atoms with Crippen molar-refractivity contribution in [2.75, 3.05) is 12.3 Å². The third kappa shape index (κ3) is 9.33. The number of amides is 2. The first-order valence-corrected chi connectivity index (χ1v) is 9.44. The van der Waals surface area contributed by atoms with Gasteiger partial charge in [0.25, 0.3) is 0 Å². The maximum atomic E-state index is 12.9. The molecule has 6 N–H and O–H groups in total. The standard InChI is InChI=1S/C17H22FN3O6S/c18-11-3-1-10(2-4-11)8-28-9-13(16(25)20-7-15(23)24)21-14(22)6-5-12(19)17(26)27/h1-4,12-13H,5-9,19H2,(H,20,25)(H,21,22)(H,23,24)(H,26,27)/t12-,13-/m0/s1. The fourth-order valence-corrected chi connectivity index (χ4v) is 3.04. The van der Waals surface area contributed by atoms with Gasteiger partial charge in [-0.2, -0.15) is 11.8 Å². The summed E-state index contributed by atoms with van der Waals surface area (Å²) in [6.45, 7) is -0.599. The number of halogens is 1. The predicted octanol–water partition coefficient (Wildman–Crippen LogP) is -0.0634. The van der Waals surface area contributed by atoms with E-state index in [1.165, 1.54) is 23.9 Å². The minimum absolute atomic E-state index is 0.104. The van der Waals surface area contributed by atoms with E-state index in [4.69, 9.17) is 15.9 Å². The van der Waals surface area contributed by atoms with E-state index in [0.29, 0.717) is 5.75 Å². The lowest BCUT2D eigenvalue weighted by atomic mass is 10.1. The normalized spacial score (nSPS) is 12.6. The van der Waals surface area contributed by atoms with Crippen LogP contribution in [-0.2, 0) is 24.9 Å². The third-order valence-electron chi connectivity index (χ3n) is 3.53. The van der Waals surface area contributed by atoms with Gasteiger partial charge in [-0.05, 0) is 24.1 Å². The molecule has 0 aliphatic heterocycles. The van der Waals surface area contributed by atoms with Crippen LogP contribution in [0.25, 0.3) is 0 Å². The van der Waals surface area contributed by atoms with E-state index in [9.17, 15) is 23.6 Å². The van der Waals surface area contributed by atoms with Crippen molar-refractivity contribution in [1.82, 2.24) is 10.6 Å². The Bertz CT molecular complexity index is 701. The zero-order valence-electron chi connectivity index (χ0n) is 14.9. The minimum atomic E-state index is -1.24. The highest BCUT2D eigenvalue weighted by Crippen LogP contribution is 2.14. The van der Waals surface area contributed by atoms with Crippen LogP contribution < -0.4 is 16.4 Å². The number of nitrogens with one attached hydrogen (secondary N) is 2. The zero-order chi connectivity index (χ0) is 21.1. The Morgan fingerprint density at radius 1 is 1.14 bits per heavy atom. The molecule has 9 nitrogen and oxygen atoms in total. The average Bonchev–Trinajstić information content (AvgIpc) is 2.64. The molecule has 1 rings (SSSR count). The number of hydrogen-bond donors (Lipinski definition) is 5. The molecule has 0 aliphatic rings. The minimum Gasteiger partial charge on any atom is -0.480 e. The van der Waals surface area contributed by atoms with Crippen molar-refractivity contribution in [2.24, 2.45) is 5.73 Å². The predicted molar refractivity (Wildman–Crippen MR) is 100.0 cm³/mol. The van der Waals surface area contributed by atoms with Crippen molar-refractivity contribution < 1.29 is 33.8 Å². The summed E-state index contributed by atoms with van der Waals surface area (Å²) in [5.74, 6) is -3.50. The number of carbonyl (C=O) groups excluding carboxylic acids is 2. The van der Waals surface area contributed by atoms with Gasteiger partial charge < -0.3 is 26.6 Å². The topological polar surface area (TPSA) is 159 Å². The Morgan fingerprint density at radius 2 is 1.79 bits per heavy atom. The zero-order valence-corrected chi connectivity index (χ0v) is 15.7. The Morgan fingerprint density at radius 3 is 2.36 bits per heavy atom. The van der Waals surface area contributed by atoms with Crippen molar-refractivity contribution in [3.8, 4) is 0 Å². The fraction of sp³-hybridized carbons (Fsp3) is 0.412. The Balaban J connectivity index is 2.60. The molecule has 0 spiro atoms. The van der Waals surface area contributed by atoms with Crippen LogP contribution >= 0.6 is 11.8 Å². The number of carbonyl (C=O) groups is 4. The third-order valence-corrected chi connectivity index (χ3v) is 4.64. The summed E-state index contributed by atoms with van der Waals surface area (Å²) in [5.41, 5.74) is 6.15. The van der Waals surface area contributed by atoms with Gasteiger partial charge in [0.15, 0.2) is 0 Å². The summed E-state index contributed by atoms with van der Waals surface area (Å²) in [6, 6.07) is 3.58. The van der Waals surface area contributed by atoms with Crippen LogP contribution in [0.4, 0.5) is 4.39 Å². The maximum absolute atomic E-state index is 12.9. The molecule has 1 aromatic carbocycles. The summed E-state index contributed by atoms with van der Waals surface area (Å²) in [4.78, 5) is 45.4. The molecular formula is C17H22FN3O6S. The largest absolute Gasteiger partial charge is 0.480 e. The van der Waals surface area contributed by atoms with Crippen LogP contribution in [0.15, 0.2) is 24.3 Å². The number of carboxylic acids is 2. The van der Waals surface area contributed by atoms with Crippen molar-refractivity contribution in [1.29, 1.82) is 0 Å². The lowest BCUT2D eigenvalue weighted by Crippen LogP contribution is -2.49. The number of benzene rings is 1. The van der Waals surface area contributed by atoms with E-state index in [0.717, 1.165) is 5.56 Å². The number of aliphatic carboxylic acids is 2. The fourth-order valence-electron chi connectivity index (χ4n) is 2.02. The van der Waals surface area contributed by atoms with Crippen LogP contribution in [0.1, 0.15) is 18.4 Å². The smallest absolute Gasteiger partial charge is 0.322 e. The highest BCUT2D eigenvalue weighted by molar-refractivity contribution is 7.98. The van der Waals surface area contributed by atoms with Gasteiger partial charge in [0, 0.05) is 17.9 Å². The molecule has 0 aliphatic carbocycles.